The molecule has 86 valence electrons. The average molecular weight is 251 g/mol. The number of benzene rings is 1. The number of hydrogen-bond acceptors (Lipinski definition) is 3. The summed E-state index contributed by atoms with van der Waals surface area (Å²) < 4.78 is 13.4. The van der Waals surface area contributed by atoms with E-state index in [9.17, 15) is 9.18 Å². The number of aromatic nitrogens is 1. The van der Waals surface area contributed by atoms with Crippen molar-refractivity contribution in [3.8, 4) is 0 Å². The van der Waals surface area contributed by atoms with Gasteiger partial charge in [-0.1, -0.05) is 23.7 Å². The summed E-state index contributed by atoms with van der Waals surface area (Å²) in [5, 5.41) is 0.277. The number of carbonyl (C=O) groups is 1. The second-order valence-corrected chi connectivity index (χ2v) is 3.83. The Morgan fingerprint density at radius 2 is 2.00 bits per heavy atom. The molecule has 3 nitrogen and oxygen atoms in total. The first kappa shape index (κ1) is 11.5. The summed E-state index contributed by atoms with van der Waals surface area (Å²) in [5.41, 5.74) is 5.61. The van der Waals surface area contributed by atoms with Gasteiger partial charge in [0.25, 0.3) is 0 Å². The summed E-state index contributed by atoms with van der Waals surface area (Å²) in [5.74, 6) is -1.10. The molecule has 1 aromatic heterocycles. The standard InChI is InChI=1S/C12H8ClFN2O/c13-7-5-9(12(15)16-6-7)11(17)8-3-1-2-4-10(8)14/h1-6H,(H2,15,16). The van der Waals surface area contributed by atoms with Crippen molar-refractivity contribution >= 4 is 23.2 Å². The van der Waals surface area contributed by atoms with Gasteiger partial charge in [0.05, 0.1) is 16.1 Å². The highest BCUT2D eigenvalue weighted by molar-refractivity contribution is 6.31. The van der Waals surface area contributed by atoms with Gasteiger partial charge in [-0.05, 0) is 18.2 Å². The van der Waals surface area contributed by atoms with Crippen molar-refractivity contribution in [1.82, 2.24) is 4.98 Å². The maximum absolute atomic E-state index is 13.4. The molecule has 2 rings (SSSR count). The van der Waals surface area contributed by atoms with Crippen molar-refractivity contribution in [2.24, 2.45) is 0 Å². The number of anilines is 1. The van der Waals surface area contributed by atoms with E-state index in [2.05, 4.69) is 4.98 Å². The minimum absolute atomic E-state index is 0.0302. The minimum Gasteiger partial charge on any atom is -0.383 e. The molecule has 0 spiro atoms. The van der Waals surface area contributed by atoms with Crippen LogP contribution < -0.4 is 5.73 Å². The van der Waals surface area contributed by atoms with Gasteiger partial charge in [-0.2, -0.15) is 0 Å². The van der Waals surface area contributed by atoms with E-state index >= 15 is 0 Å². The Labute approximate surface area is 102 Å². The fourth-order valence-electron chi connectivity index (χ4n) is 1.42. The van der Waals surface area contributed by atoms with Crippen LogP contribution in [0.25, 0.3) is 0 Å². The predicted molar refractivity (Wildman–Crippen MR) is 63.5 cm³/mol. The quantitative estimate of drug-likeness (QED) is 0.834. The number of pyridine rings is 1. The summed E-state index contributed by atoms with van der Waals surface area (Å²) in [6.07, 6.45) is 1.33. The zero-order valence-corrected chi connectivity index (χ0v) is 9.41. The molecule has 17 heavy (non-hydrogen) atoms. The van der Waals surface area contributed by atoms with Gasteiger partial charge in [0.2, 0.25) is 0 Å². The van der Waals surface area contributed by atoms with Gasteiger partial charge in [0.1, 0.15) is 11.6 Å². The van der Waals surface area contributed by atoms with Crippen LogP contribution in [0.4, 0.5) is 10.2 Å². The van der Waals surface area contributed by atoms with Crippen LogP contribution in [-0.2, 0) is 0 Å². The van der Waals surface area contributed by atoms with Gasteiger partial charge < -0.3 is 5.73 Å². The van der Waals surface area contributed by atoms with Crippen molar-refractivity contribution in [1.29, 1.82) is 0 Å². The molecule has 0 unspecified atom stereocenters. The van der Waals surface area contributed by atoms with Crippen LogP contribution in [0.5, 0.6) is 0 Å². The molecule has 1 aromatic carbocycles. The molecule has 2 aromatic rings. The molecular weight excluding hydrogens is 243 g/mol. The lowest BCUT2D eigenvalue weighted by Crippen LogP contribution is -2.08. The van der Waals surface area contributed by atoms with Crippen LogP contribution in [0.3, 0.4) is 0 Å². The third-order valence-corrected chi connectivity index (χ3v) is 2.45. The maximum atomic E-state index is 13.4. The Balaban J connectivity index is 2.51. The van der Waals surface area contributed by atoms with E-state index in [0.29, 0.717) is 0 Å². The Kier molecular flexibility index (Phi) is 3.06. The van der Waals surface area contributed by atoms with Crippen LogP contribution >= 0.6 is 11.6 Å². The monoisotopic (exact) mass is 250 g/mol. The SMILES string of the molecule is Nc1ncc(Cl)cc1C(=O)c1ccccc1F. The Morgan fingerprint density at radius 3 is 2.71 bits per heavy atom. The normalized spacial score (nSPS) is 10.2. The largest absolute Gasteiger partial charge is 0.383 e. The van der Waals surface area contributed by atoms with Gasteiger partial charge in [-0.3, -0.25) is 4.79 Å². The van der Waals surface area contributed by atoms with Gasteiger partial charge in [-0.25, -0.2) is 9.37 Å². The molecule has 0 aliphatic heterocycles. The fourth-order valence-corrected chi connectivity index (χ4v) is 1.58. The zero-order chi connectivity index (χ0) is 12.4. The molecule has 0 saturated carbocycles. The van der Waals surface area contributed by atoms with Gasteiger partial charge in [-0.15, -0.1) is 0 Å². The lowest BCUT2D eigenvalue weighted by molar-refractivity contribution is 0.103. The second kappa shape index (κ2) is 4.51. The molecule has 0 aliphatic carbocycles. The van der Waals surface area contributed by atoms with Crippen molar-refractivity contribution < 1.29 is 9.18 Å². The number of ketones is 1. The number of halogens is 2. The summed E-state index contributed by atoms with van der Waals surface area (Å²) in [6.45, 7) is 0. The molecule has 1 heterocycles. The summed E-state index contributed by atoms with van der Waals surface area (Å²) in [4.78, 5) is 15.8. The van der Waals surface area contributed by atoms with E-state index in [1.54, 1.807) is 6.07 Å². The number of nitrogens with zero attached hydrogens (tertiary/aromatic N) is 1. The van der Waals surface area contributed by atoms with Crippen LogP contribution in [0.1, 0.15) is 15.9 Å². The molecule has 0 radical (unpaired) electrons. The van der Waals surface area contributed by atoms with Crippen molar-refractivity contribution in [2.75, 3.05) is 5.73 Å². The zero-order valence-electron chi connectivity index (χ0n) is 8.65. The molecule has 0 amide bonds. The molecule has 5 heteroatoms. The number of nitrogens with two attached hydrogens (primary N) is 1. The molecule has 0 aliphatic rings. The van der Waals surface area contributed by atoms with E-state index in [1.165, 1.54) is 30.5 Å². The fraction of sp³-hybridized carbons (Fsp3) is 0. The minimum atomic E-state index is -0.600. The highest BCUT2D eigenvalue weighted by Crippen LogP contribution is 2.20. The van der Waals surface area contributed by atoms with E-state index < -0.39 is 11.6 Å². The number of hydrogen-bond donors (Lipinski definition) is 1. The number of carbonyl (C=O) groups excluding carboxylic acids is 1. The van der Waals surface area contributed by atoms with Crippen LogP contribution in [0.2, 0.25) is 5.02 Å². The smallest absolute Gasteiger partial charge is 0.199 e. The number of rotatable bonds is 2. The third-order valence-electron chi connectivity index (χ3n) is 2.25. The lowest BCUT2D eigenvalue weighted by Gasteiger charge is -2.05. The van der Waals surface area contributed by atoms with E-state index in [4.69, 9.17) is 17.3 Å². The summed E-state index contributed by atoms with van der Waals surface area (Å²) >= 11 is 5.72. The van der Waals surface area contributed by atoms with Crippen LogP contribution in [-0.4, -0.2) is 10.8 Å². The lowest BCUT2D eigenvalue weighted by atomic mass is 10.0. The maximum Gasteiger partial charge on any atom is 0.199 e. The van der Waals surface area contributed by atoms with E-state index in [0.717, 1.165) is 0 Å². The van der Waals surface area contributed by atoms with Crippen LogP contribution in [0, 0.1) is 5.82 Å². The first-order valence-corrected chi connectivity index (χ1v) is 5.17. The highest BCUT2D eigenvalue weighted by atomic mass is 35.5. The van der Waals surface area contributed by atoms with Gasteiger partial charge >= 0.3 is 0 Å². The first-order chi connectivity index (χ1) is 8.09. The van der Waals surface area contributed by atoms with Crippen molar-refractivity contribution in [3.63, 3.8) is 0 Å². The Morgan fingerprint density at radius 1 is 1.29 bits per heavy atom. The molecular formula is C12H8ClFN2O. The van der Waals surface area contributed by atoms with Crippen LogP contribution in [0.15, 0.2) is 36.5 Å². The molecule has 0 bridgehead atoms. The van der Waals surface area contributed by atoms with Crippen molar-refractivity contribution in [3.05, 3.63) is 58.5 Å². The molecule has 0 fully saturated rings. The average Bonchev–Trinajstić information content (AvgIpc) is 2.32. The van der Waals surface area contributed by atoms with Crippen molar-refractivity contribution in [2.45, 2.75) is 0 Å². The first-order valence-electron chi connectivity index (χ1n) is 4.80. The highest BCUT2D eigenvalue weighted by Gasteiger charge is 2.16. The molecule has 0 saturated heterocycles. The summed E-state index contributed by atoms with van der Waals surface area (Å²) in [7, 11) is 0. The predicted octanol–water partition coefficient (Wildman–Crippen LogP) is 2.69. The molecule has 2 N–H and O–H groups in total. The number of nitrogen functional groups attached to an aromatic ring is 1. The second-order valence-electron chi connectivity index (χ2n) is 3.40. The third kappa shape index (κ3) is 2.26. The van der Waals surface area contributed by atoms with E-state index in [-0.39, 0.29) is 22.0 Å². The van der Waals surface area contributed by atoms with Gasteiger partial charge in [0, 0.05) is 6.20 Å². The van der Waals surface area contributed by atoms with E-state index in [1.807, 2.05) is 0 Å². The Bertz CT molecular complexity index is 586. The topological polar surface area (TPSA) is 56.0 Å². The Hall–Kier alpha value is -1.94. The summed E-state index contributed by atoms with van der Waals surface area (Å²) in [6, 6.07) is 7.05. The van der Waals surface area contributed by atoms with Gasteiger partial charge in [0.15, 0.2) is 5.78 Å². The molecule has 0 atom stereocenters.